The lowest BCUT2D eigenvalue weighted by Gasteiger charge is -2.19. The van der Waals surface area contributed by atoms with E-state index in [1.807, 2.05) is 6.92 Å². The Morgan fingerprint density at radius 3 is 2.41 bits per heavy atom. The molecule has 3 rings (SSSR count). The first-order chi connectivity index (χ1) is 13.7. The molecule has 0 aliphatic rings. The van der Waals surface area contributed by atoms with Crippen molar-refractivity contribution in [3.05, 3.63) is 82.9 Å². The van der Waals surface area contributed by atoms with Crippen LogP contribution in [0.2, 0.25) is 0 Å². The largest absolute Gasteiger partial charge is 0.429 e. The Bertz CT molecular complexity index is 1070. The van der Waals surface area contributed by atoms with Gasteiger partial charge in [-0.15, -0.1) is 0 Å². The minimum absolute atomic E-state index is 0.0363. The molecule has 1 nitrogen and oxygen atoms in total. The summed E-state index contributed by atoms with van der Waals surface area (Å²) < 4.78 is 86.8. The fourth-order valence-corrected chi connectivity index (χ4v) is 3.02. The highest BCUT2D eigenvalue weighted by Gasteiger charge is 2.37. The van der Waals surface area contributed by atoms with Gasteiger partial charge in [0.2, 0.25) is 0 Å². The van der Waals surface area contributed by atoms with E-state index in [0.29, 0.717) is 18.1 Å². The van der Waals surface area contributed by atoms with Gasteiger partial charge in [0.1, 0.15) is 17.4 Å². The normalized spacial score (nSPS) is 11.6. The zero-order valence-electron chi connectivity index (χ0n) is 15.3. The molecular weight excluding hydrogens is 394 g/mol. The third kappa shape index (κ3) is 4.55. The SMILES string of the molecule is CCCc1ccc(C(F)(F)Oc2ccc3c(F)c(C=C(F)F)ccc3c2)c(F)c1. The molecule has 0 atom stereocenters. The van der Waals surface area contributed by atoms with E-state index in [1.165, 1.54) is 12.1 Å². The molecule has 7 heteroatoms. The van der Waals surface area contributed by atoms with Gasteiger partial charge in [-0.1, -0.05) is 31.5 Å². The van der Waals surface area contributed by atoms with Crippen LogP contribution in [-0.2, 0) is 12.5 Å². The van der Waals surface area contributed by atoms with Crippen molar-refractivity contribution in [3.8, 4) is 5.75 Å². The molecule has 0 bridgehead atoms. The molecule has 152 valence electrons. The zero-order chi connectivity index (χ0) is 21.2. The van der Waals surface area contributed by atoms with Gasteiger partial charge in [0.25, 0.3) is 6.08 Å². The molecule has 3 aromatic rings. The standard InChI is InChI=1S/C22H16F6O/c1-2-3-13-4-9-18(19(23)10-13)22(27,28)29-16-7-8-17-14(11-16)5-6-15(21(17)26)12-20(24)25/h4-12H,2-3H2,1H3. The Morgan fingerprint density at radius 2 is 1.76 bits per heavy atom. The molecule has 0 aliphatic carbocycles. The van der Waals surface area contributed by atoms with E-state index in [-0.39, 0.29) is 22.1 Å². The van der Waals surface area contributed by atoms with E-state index in [0.717, 1.165) is 42.8 Å². The van der Waals surface area contributed by atoms with E-state index in [9.17, 15) is 26.3 Å². The predicted octanol–water partition coefficient (Wildman–Crippen LogP) is 7.44. The summed E-state index contributed by atoms with van der Waals surface area (Å²) >= 11 is 0. The van der Waals surface area contributed by atoms with Crippen molar-refractivity contribution in [1.29, 1.82) is 0 Å². The molecule has 3 aromatic carbocycles. The molecule has 0 aromatic heterocycles. The molecule has 0 saturated carbocycles. The number of hydrogen-bond donors (Lipinski definition) is 0. The number of aryl methyl sites for hydroxylation is 1. The topological polar surface area (TPSA) is 9.23 Å². The van der Waals surface area contributed by atoms with Crippen molar-refractivity contribution < 1.29 is 31.1 Å². The molecule has 29 heavy (non-hydrogen) atoms. The molecular formula is C22H16F6O. The number of benzene rings is 3. The third-order valence-electron chi connectivity index (χ3n) is 4.35. The van der Waals surface area contributed by atoms with Gasteiger partial charge in [0.15, 0.2) is 0 Å². The van der Waals surface area contributed by atoms with Crippen LogP contribution in [0, 0.1) is 11.6 Å². The zero-order valence-corrected chi connectivity index (χ0v) is 15.3. The van der Waals surface area contributed by atoms with Gasteiger partial charge >= 0.3 is 6.11 Å². The highest BCUT2D eigenvalue weighted by Crippen LogP contribution is 2.35. The van der Waals surface area contributed by atoms with E-state index in [2.05, 4.69) is 4.74 Å². The van der Waals surface area contributed by atoms with Gasteiger partial charge in [-0.2, -0.15) is 17.6 Å². The molecule has 0 saturated heterocycles. The fraction of sp³-hybridized carbons (Fsp3) is 0.182. The number of ether oxygens (including phenoxy) is 1. The lowest BCUT2D eigenvalue weighted by atomic mass is 10.1. The summed E-state index contributed by atoms with van der Waals surface area (Å²) in [6.07, 6.45) is -4.34. The van der Waals surface area contributed by atoms with E-state index in [4.69, 9.17) is 0 Å². The second kappa shape index (κ2) is 8.19. The third-order valence-corrected chi connectivity index (χ3v) is 4.35. The minimum Gasteiger partial charge on any atom is -0.429 e. The van der Waals surface area contributed by atoms with Gasteiger partial charge in [-0.05, 0) is 47.7 Å². The van der Waals surface area contributed by atoms with Gasteiger partial charge in [-0.3, -0.25) is 0 Å². The Balaban J connectivity index is 1.92. The molecule has 0 radical (unpaired) electrons. The Hall–Kier alpha value is -2.96. The summed E-state index contributed by atoms with van der Waals surface area (Å²) in [5.41, 5.74) is -0.645. The van der Waals surface area contributed by atoms with E-state index < -0.39 is 29.4 Å². The lowest BCUT2D eigenvalue weighted by Crippen LogP contribution is -2.23. The van der Waals surface area contributed by atoms with Crippen LogP contribution < -0.4 is 4.74 Å². The lowest BCUT2D eigenvalue weighted by molar-refractivity contribution is -0.187. The molecule has 0 heterocycles. The van der Waals surface area contributed by atoms with Crippen LogP contribution in [0.25, 0.3) is 16.8 Å². The predicted molar refractivity (Wildman–Crippen MR) is 99.0 cm³/mol. The van der Waals surface area contributed by atoms with Crippen LogP contribution >= 0.6 is 0 Å². The summed E-state index contributed by atoms with van der Waals surface area (Å²) in [5, 5.41) is 0.136. The van der Waals surface area contributed by atoms with Crippen molar-refractivity contribution in [1.82, 2.24) is 0 Å². The van der Waals surface area contributed by atoms with E-state index >= 15 is 0 Å². The summed E-state index contributed by atoms with van der Waals surface area (Å²) in [7, 11) is 0. The van der Waals surface area contributed by atoms with Gasteiger partial charge in [0, 0.05) is 17.0 Å². The molecule has 0 amide bonds. The maximum atomic E-state index is 14.5. The van der Waals surface area contributed by atoms with Crippen molar-refractivity contribution >= 4 is 16.8 Å². The van der Waals surface area contributed by atoms with Crippen LogP contribution in [0.3, 0.4) is 0 Å². The molecule has 0 spiro atoms. The highest BCUT2D eigenvalue weighted by molar-refractivity contribution is 5.86. The van der Waals surface area contributed by atoms with Crippen molar-refractivity contribution in [2.75, 3.05) is 0 Å². The first-order valence-corrected chi connectivity index (χ1v) is 8.82. The Kier molecular flexibility index (Phi) is 5.86. The maximum Gasteiger partial charge on any atom is 0.429 e. The highest BCUT2D eigenvalue weighted by atomic mass is 19.3. The van der Waals surface area contributed by atoms with Crippen molar-refractivity contribution in [3.63, 3.8) is 0 Å². The second-order valence-corrected chi connectivity index (χ2v) is 6.47. The van der Waals surface area contributed by atoms with Crippen LogP contribution in [-0.4, -0.2) is 0 Å². The summed E-state index contributed by atoms with van der Waals surface area (Å²) in [4.78, 5) is 0. The minimum atomic E-state index is -3.96. The Labute approximate surface area is 163 Å². The number of hydrogen-bond acceptors (Lipinski definition) is 1. The average molecular weight is 410 g/mol. The number of alkyl halides is 2. The summed E-state index contributed by atoms with van der Waals surface area (Å²) in [6.45, 7) is 1.89. The fourth-order valence-electron chi connectivity index (χ4n) is 3.02. The molecule has 0 unspecified atom stereocenters. The van der Waals surface area contributed by atoms with Crippen molar-refractivity contribution in [2.45, 2.75) is 25.9 Å². The quantitative estimate of drug-likeness (QED) is 0.384. The summed E-state index contributed by atoms with van der Waals surface area (Å²) in [6, 6.07) is 9.19. The second-order valence-electron chi connectivity index (χ2n) is 6.47. The van der Waals surface area contributed by atoms with Crippen LogP contribution in [0.5, 0.6) is 5.75 Å². The smallest absolute Gasteiger partial charge is 0.429 e. The number of halogens is 6. The monoisotopic (exact) mass is 410 g/mol. The number of rotatable bonds is 6. The molecule has 0 aliphatic heterocycles. The van der Waals surface area contributed by atoms with Crippen LogP contribution in [0.4, 0.5) is 26.3 Å². The number of fused-ring (bicyclic) bond motifs is 1. The molecule has 0 fully saturated rings. The first kappa shape index (κ1) is 20.8. The Morgan fingerprint density at radius 1 is 1.00 bits per heavy atom. The van der Waals surface area contributed by atoms with Gasteiger partial charge in [0.05, 0.1) is 5.56 Å². The average Bonchev–Trinajstić information content (AvgIpc) is 2.63. The first-order valence-electron chi connectivity index (χ1n) is 8.82. The van der Waals surface area contributed by atoms with Gasteiger partial charge in [-0.25, -0.2) is 8.78 Å². The van der Waals surface area contributed by atoms with Crippen molar-refractivity contribution in [2.24, 2.45) is 0 Å². The van der Waals surface area contributed by atoms with Crippen LogP contribution in [0.1, 0.15) is 30.0 Å². The maximum absolute atomic E-state index is 14.5. The van der Waals surface area contributed by atoms with E-state index in [1.54, 1.807) is 0 Å². The van der Waals surface area contributed by atoms with Crippen LogP contribution in [0.15, 0.2) is 54.6 Å². The van der Waals surface area contributed by atoms with Gasteiger partial charge < -0.3 is 4.74 Å². The molecule has 0 N–H and O–H groups in total. The summed E-state index contributed by atoms with van der Waals surface area (Å²) in [5.74, 6) is -2.32.